The number of carbonyl (C=O) groups is 2. The number of Topliss-reactive ketones (excluding diaryl/α,β-unsaturated/α-hetero) is 1. The molecule has 0 radical (unpaired) electrons. The van der Waals surface area contributed by atoms with Gasteiger partial charge in [0.25, 0.3) is 0 Å². The highest BCUT2D eigenvalue weighted by Gasteiger charge is 2.22. The number of ketones is 1. The van der Waals surface area contributed by atoms with Crippen molar-refractivity contribution in [2.45, 2.75) is 18.1 Å². The maximum atomic E-state index is 13.3. The van der Waals surface area contributed by atoms with Crippen LogP contribution in [0.25, 0.3) is 16.6 Å². The Labute approximate surface area is 193 Å². The lowest BCUT2D eigenvalue weighted by molar-refractivity contribution is 0.0466. The van der Waals surface area contributed by atoms with E-state index in [4.69, 9.17) is 10.00 Å². The van der Waals surface area contributed by atoms with Gasteiger partial charge in [-0.05, 0) is 36.6 Å². The van der Waals surface area contributed by atoms with Gasteiger partial charge in [-0.25, -0.2) is 14.2 Å². The molecule has 0 aliphatic carbocycles. The van der Waals surface area contributed by atoms with Crippen LogP contribution in [0.5, 0.6) is 0 Å². The molecule has 0 aliphatic rings. The second kappa shape index (κ2) is 9.71. The average molecular weight is 463 g/mol. The number of thioether (sulfide) groups is 1. The van der Waals surface area contributed by atoms with E-state index in [1.165, 1.54) is 42.2 Å². The summed E-state index contributed by atoms with van der Waals surface area (Å²) in [4.78, 5) is 30.0. The molecule has 4 rings (SSSR count). The van der Waals surface area contributed by atoms with Gasteiger partial charge in [0, 0.05) is 34.9 Å². The van der Waals surface area contributed by atoms with E-state index in [-0.39, 0.29) is 11.5 Å². The molecule has 4 aromatic rings. The van der Waals surface area contributed by atoms with Gasteiger partial charge < -0.3 is 9.30 Å². The van der Waals surface area contributed by atoms with E-state index in [0.29, 0.717) is 29.4 Å². The zero-order chi connectivity index (χ0) is 23.4. The SMILES string of the molecule is CSc1ncc(C(=O)OCC(=O)c2cn(CCC#N)c3ccccc23)n1-c1ccc(F)cc1. The van der Waals surface area contributed by atoms with E-state index in [1.807, 2.05) is 35.1 Å². The van der Waals surface area contributed by atoms with E-state index in [9.17, 15) is 14.0 Å². The number of fused-ring (bicyclic) bond motifs is 1. The number of rotatable bonds is 8. The van der Waals surface area contributed by atoms with Gasteiger partial charge in [-0.3, -0.25) is 9.36 Å². The maximum Gasteiger partial charge on any atom is 0.357 e. The van der Waals surface area contributed by atoms with Crippen LogP contribution in [0.4, 0.5) is 4.39 Å². The standard InChI is InChI=1S/C24H19FN4O3S/c1-33-24-27-13-21(29(24)17-9-7-16(25)8-10-17)23(31)32-15-22(30)19-14-28(12-4-11-26)20-6-3-2-5-18(19)20/h2-3,5-10,13-14H,4,12,15H2,1H3. The predicted octanol–water partition coefficient (Wildman–Crippen LogP) is 4.64. The minimum absolute atomic E-state index is 0.134. The first-order valence-electron chi connectivity index (χ1n) is 10.1. The van der Waals surface area contributed by atoms with Gasteiger partial charge in [0.05, 0.1) is 18.7 Å². The number of halogens is 1. The Morgan fingerprint density at radius 1 is 1.18 bits per heavy atom. The lowest BCUT2D eigenvalue weighted by atomic mass is 10.1. The molecule has 0 bridgehead atoms. The summed E-state index contributed by atoms with van der Waals surface area (Å²) in [5, 5.41) is 10.2. The molecule has 0 aliphatic heterocycles. The number of hydrogen-bond donors (Lipinski definition) is 0. The van der Waals surface area contributed by atoms with Crippen LogP contribution in [0.3, 0.4) is 0 Å². The molecular weight excluding hydrogens is 443 g/mol. The van der Waals surface area contributed by atoms with Crippen LogP contribution in [0.15, 0.2) is 66.1 Å². The summed E-state index contributed by atoms with van der Waals surface area (Å²) in [6.07, 6.45) is 5.18. The number of aryl methyl sites for hydroxylation is 1. The minimum atomic E-state index is -0.714. The molecule has 9 heteroatoms. The summed E-state index contributed by atoms with van der Waals surface area (Å²) >= 11 is 1.32. The van der Waals surface area contributed by atoms with Crippen LogP contribution < -0.4 is 0 Å². The van der Waals surface area contributed by atoms with Crippen molar-refractivity contribution < 1.29 is 18.7 Å². The van der Waals surface area contributed by atoms with Crippen molar-refractivity contribution in [2.75, 3.05) is 12.9 Å². The van der Waals surface area contributed by atoms with Gasteiger partial charge in [-0.15, -0.1) is 0 Å². The first-order chi connectivity index (χ1) is 16.0. The highest BCUT2D eigenvalue weighted by atomic mass is 32.2. The van der Waals surface area contributed by atoms with Crippen LogP contribution in [0, 0.1) is 17.1 Å². The smallest absolute Gasteiger partial charge is 0.357 e. The Balaban J connectivity index is 1.56. The Bertz CT molecular complexity index is 1370. The number of carbonyl (C=O) groups excluding carboxylic acids is 2. The number of benzene rings is 2. The fraction of sp³-hybridized carbons (Fsp3) is 0.167. The molecule has 0 unspecified atom stereocenters. The molecule has 0 fully saturated rings. The highest BCUT2D eigenvalue weighted by molar-refractivity contribution is 7.98. The molecule has 2 aromatic carbocycles. The van der Waals surface area contributed by atoms with Gasteiger partial charge in [0.2, 0.25) is 5.78 Å². The van der Waals surface area contributed by atoms with Gasteiger partial charge in [0.1, 0.15) is 5.82 Å². The summed E-state index contributed by atoms with van der Waals surface area (Å²) in [5.74, 6) is -1.46. The summed E-state index contributed by atoms with van der Waals surface area (Å²) in [7, 11) is 0. The first-order valence-corrected chi connectivity index (χ1v) is 11.3. The van der Waals surface area contributed by atoms with Crippen LogP contribution in [0.1, 0.15) is 27.3 Å². The third-order valence-electron chi connectivity index (χ3n) is 5.09. The minimum Gasteiger partial charge on any atom is -0.453 e. The third-order valence-corrected chi connectivity index (χ3v) is 5.75. The summed E-state index contributed by atoms with van der Waals surface area (Å²) in [6, 6.07) is 15.1. The van der Waals surface area contributed by atoms with Crippen molar-refractivity contribution >= 4 is 34.4 Å². The van der Waals surface area contributed by atoms with Crippen LogP contribution in [-0.2, 0) is 11.3 Å². The average Bonchev–Trinajstić information content (AvgIpc) is 3.43. The fourth-order valence-electron chi connectivity index (χ4n) is 3.57. The molecule has 0 saturated carbocycles. The van der Waals surface area contributed by atoms with Crippen molar-refractivity contribution in [1.29, 1.82) is 5.26 Å². The molecule has 0 spiro atoms. The zero-order valence-corrected chi connectivity index (χ0v) is 18.5. The number of aromatic nitrogens is 3. The molecular formula is C24H19FN4O3S. The van der Waals surface area contributed by atoms with E-state index >= 15 is 0 Å². The van der Waals surface area contributed by atoms with Gasteiger partial charge in [0.15, 0.2) is 17.5 Å². The summed E-state index contributed by atoms with van der Waals surface area (Å²) in [6.45, 7) is 0.00663. The number of nitrogens with zero attached hydrogens (tertiary/aromatic N) is 4. The second-order valence-electron chi connectivity index (χ2n) is 7.10. The lowest BCUT2D eigenvalue weighted by Crippen LogP contribution is -2.17. The zero-order valence-electron chi connectivity index (χ0n) is 17.7. The van der Waals surface area contributed by atoms with Crippen molar-refractivity contribution in [2.24, 2.45) is 0 Å². The van der Waals surface area contributed by atoms with Crippen molar-refractivity contribution in [3.8, 4) is 11.8 Å². The largest absolute Gasteiger partial charge is 0.453 e. The van der Waals surface area contributed by atoms with E-state index in [2.05, 4.69) is 11.1 Å². The summed E-state index contributed by atoms with van der Waals surface area (Å²) in [5.41, 5.74) is 1.95. The van der Waals surface area contributed by atoms with Crippen molar-refractivity contribution in [3.63, 3.8) is 0 Å². The Morgan fingerprint density at radius 3 is 2.67 bits per heavy atom. The van der Waals surface area contributed by atoms with E-state index in [1.54, 1.807) is 10.8 Å². The quantitative estimate of drug-likeness (QED) is 0.215. The van der Waals surface area contributed by atoms with Crippen molar-refractivity contribution in [1.82, 2.24) is 14.1 Å². The Morgan fingerprint density at radius 2 is 1.94 bits per heavy atom. The molecule has 0 atom stereocenters. The number of hydrogen-bond acceptors (Lipinski definition) is 6. The number of para-hydroxylation sites is 1. The van der Waals surface area contributed by atoms with E-state index < -0.39 is 18.4 Å². The molecule has 0 N–H and O–H groups in total. The fourth-order valence-corrected chi connectivity index (χ4v) is 4.11. The molecule has 0 amide bonds. The maximum absolute atomic E-state index is 13.3. The van der Waals surface area contributed by atoms with Crippen LogP contribution in [0.2, 0.25) is 0 Å². The topological polar surface area (TPSA) is 89.9 Å². The lowest BCUT2D eigenvalue weighted by Gasteiger charge is -2.10. The highest BCUT2D eigenvalue weighted by Crippen LogP contribution is 2.24. The normalized spacial score (nSPS) is 10.8. The van der Waals surface area contributed by atoms with Gasteiger partial charge >= 0.3 is 5.97 Å². The van der Waals surface area contributed by atoms with Crippen LogP contribution in [-0.4, -0.2) is 38.7 Å². The Hall–Kier alpha value is -3.90. The Kier molecular flexibility index (Phi) is 6.56. The van der Waals surface area contributed by atoms with E-state index in [0.717, 1.165) is 10.9 Å². The molecule has 2 heterocycles. The third kappa shape index (κ3) is 4.52. The second-order valence-corrected chi connectivity index (χ2v) is 7.88. The molecule has 7 nitrogen and oxygen atoms in total. The van der Waals surface area contributed by atoms with Crippen LogP contribution >= 0.6 is 11.8 Å². The predicted molar refractivity (Wildman–Crippen MR) is 122 cm³/mol. The molecule has 2 aromatic heterocycles. The summed E-state index contributed by atoms with van der Waals surface area (Å²) < 4.78 is 22.1. The molecule has 0 saturated heterocycles. The number of esters is 1. The van der Waals surface area contributed by atoms with Gasteiger partial charge in [-0.1, -0.05) is 30.0 Å². The number of imidazole rings is 1. The van der Waals surface area contributed by atoms with Crippen molar-refractivity contribution in [3.05, 3.63) is 78.0 Å². The molecule has 33 heavy (non-hydrogen) atoms. The monoisotopic (exact) mass is 462 g/mol. The number of ether oxygens (including phenoxy) is 1. The molecule has 166 valence electrons. The van der Waals surface area contributed by atoms with Gasteiger partial charge in [-0.2, -0.15) is 5.26 Å². The first kappa shape index (κ1) is 22.3. The number of nitriles is 1.